The predicted octanol–water partition coefficient (Wildman–Crippen LogP) is 1.80. The molecule has 0 amide bonds. The third-order valence-electron chi connectivity index (χ3n) is 3.55. The molecule has 2 heterocycles. The molecule has 3 nitrogen and oxygen atoms in total. The third-order valence-corrected chi connectivity index (χ3v) is 4.86. The van der Waals surface area contributed by atoms with Gasteiger partial charge in [0.25, 0.3) is 0 Å². The molecule has 2 rings (SSSR count). The van der Waals surface area contributed by atoms with Crippen LogP contribution in [0.3, 0.4) is 0 Å². The van der Waals surface area contributed by atoms with Crippen LogP contribution in [0.1, 0.15) is 26.2 Å². The second-order valence-corrected chi connectivity index (χ2v) is 6.21. The van der Waals surface area contributed by atoms with Crippen molar-refractivity contribution in [3.8, 4) is 0 Å². The highest BCUT2D eigenvalue weighted by Gasteiger charge is 2.20. The molecule has 1 N–H and O–H groups in total. The Bertz CT molecular complexity index is 247. The Morgan fingerprint density at radius 1 is 1.44 bits per heavy atom. The quantitative estimate of drug-likeness (QED) is 0.816. The number of rotatable bonds is 3. The smallest absolute Gasteiger partial charge is 0.156 e. The summed E-state index contributed by atoms with van der Waals surface area (Å²) < 4.78 is 0. The Labute approximate surface area is 103 Å². The first-order valence-electron chi connectivity index (χ1n) is 6.41. The molecule has 0 aliphatic carbocycles. The fourth-order valence-corrected chi connectivity index (χ4v) is 3.17. The van der Waals surface area contributed by atoms with Crippen molar-refractivity contribution in [3.63, 3.8) is 0 Å². The van der Waals surface area contributed by atoms with Crippen molar-refractivity contribution >= 4 is 16.9 Å². The van der Waals surface area contributed by atoms with Crippen molar-refractivity contribution in [2.75, 3.05) is 33.2 Å². The van der Waals surface area contributed by atoms with Gasteiger partial charge in [-0.3, -0.25) is 4.99 Å². The monoisotopic (exact) mass is 241 g/mol. The van der Waals surface area contributed by atoms with Crippen LogP contribution in [0.5, 0.6) is 0 Å². The van der Waals surface area contributed by atoms with Crippen LogP contribution in [-0.4, -0.2) is 48.5 Å². The molecule has 0 saturated carbocycles. The Balaban J connectivity index is 1.65. The van der Waals surface area contributed by atoms with E-state index in [9.17, 15) is 0 Å². The van der Waals surface area contributed by atoms with Gasteiger partial charge in [0.15, 0.2) is 5.17 Å². The molecule has 2 aliphatic rings. The van der Waals surface area contributed by atoms with Gasteiger partial charge in [0.05, 0.1) is 6.54 Å². The minimum atomic E-state index is 0.722. The number of nitrogens with one attached hydrogen (secondary N) is 1. The second kappa shape index (κ2) is 5.92. The summed E-state index contributed by atoms with van der Waals surface area (Å²) in [7, 11) is 2.21. The molecule has 16 heavy (non-hydrogen) atoms. The van der Waals surface area contributed by atoms with Crippen LogP contribution < -0.4 is 5.32 Å². The molecular formula is C12H23N3S. The van der Waals surface area contributed by atoms with Crippen LogP contribution >= 0.6 is 11.8 Å². The SMILES string of the molecule is CCC1CN=C(NCC2CCN(C)CC2)S1. The molecule has 2 aliphatic heterocycles. The van der Waals surface area contributed by atoms with Gasteiger partial charge in [0.2, 0.25) is 0 Å². The molecule has 0 aromatic carbocycles. The molecule has 1 fully saturated rings. The van der Waals surface area contributed by atoms with Gasteiger partial charge in [-0.15, -0.1) is 0 Å². The fourth-order valence-electron chi connectivity index (χ4n) is 2.22. The van der Waals surface area contributed by atoms with E-state index in [4.69, 9.17) is 0 Å². The summed E-state index contributed by atoms with van der Waals surface area (Å²) in [6.07, 6.45) is 3.89. The number of amidine groups is 1. The van der Waals surface area contributed by atoms with Gasteiger partial charge in [-0.25, -0.2) is 0 Å². The third kappa shape index (κ3) is 3.39. The highest BCUT2D eigenvalue weighted by Crippen LogP contribution is 2.22. The first-order chi connectivity index (χ1) is 7.78. The molecule has 4 heteroatoms. The number of thioether (sulfide) groups is 1. The van der Waals surface area contributed by atoms with Crippen molar-refractivity contribution in [1.29, 1.82) is 0 Å². The average molecular weight is 241 g/mol. The van der Waals surface area contributed by atoms with Crippen LogP contribution in [0.15, 0.2) is 4.99 Å². The lowest BCUT2D eigenvalue weighted by molar-refractivity contribution is 0.220. The summed E-state index contributed by atoms with van der Waals surface area (Å²) in [5.74, 6) is 0.847. The molecule has 1 saturated heterocycles. The molecular weight excluding hydrogens is 218 g/mol. The van der Waals surface area contributed by atoms with Gasteiger partial charge in [0, 0.05) is 11.8 Å². The number of nitrogens with zero attached hydrogens (tertiary/aromatic N) is 2. The van der Waals surface area contributed by atoms with Crippen LogP contribution in [-0.2, 0) is 0 Å². The zero-order valence-corrected chi connectivity index (χ0v) is 11.2. The van der Waals surface area contributed by atoms with Crippen LogP contribution in [0.4, 0.5) is 0 Å². The molecule has 0 spiro atoms. The zero-order valence-electron chi connectivity index (χ0n) is 10.4. The molecule has 92 valence electrons. The lowest BCUT2D eigenvalue weighted by Crippen LogP contribution is -2.36. The molecule has 1 atom stereocenters. The summed E-state index contributed by atoms with van der Waals surface area (Å²) in [6, 6.07) is 0. The summed E-state index contributed by atoms with van der Waals surface area (Å²) in [6.45, 7) is 6.88. The normalized spacial score (nSPS) is 28.1. The first kappa shape index (κ1) is 12.2. The van der Waals surface area contributed by atoms with E-state index in [2.05, 4.69) is 29.2 Å². The maximum Gasteiger partial charge on any atom is 0.156 e. The summed E-state index contributed by atoms with van der Waals surface area (Å²) in [4.78, 5) is 6.97. The minimum absolute atomic E-state index is 0.722. The predicted molar refractivity (Wildman–Crippen MR) is 72.2 cm³/mol. The zero-order chi connectivity index (χ0) is 11.4. The van der Waals surface area contributed by atoms with Crippen molar-refractivity contribution in [1.82, 2.24) is 10.2 Å². The summed E-state index contributed by atoms with van der Waals surface area (Å²) in [5.41, 5.74) is 0. The number of hydrogen-bond donors (Lipinski definition) is 1. The van der Waals surface area contributed by atoms with E-state index in [0.29, 0.717) is 0 Å². The van der Waals surface area contributed by atoms with Crippen LogP contribution in [0, 0.1) is 5.92 Å². The Kier molecular flexibility index (Phi) is 4.53. The molecule has 0 bridgehead atoms. The minimum Gasteiger partial charge on any atom is -0.365 e. The van der Waals surface area contributed by atoms with Gasteiger partial charge >= 0.3 is 0 Å². The topological polar surface area (TPSA) is 27.6 Å². The number of likely N-dealkylation sites (tertiary alicyclic amines) is 1. The van der Waals surface area contributed by atoms with Crippen molar-refractivity contribution in [2.45, 2.75) is 31.4 Å². The van der Waals surface area contributed by atoms with E-state index < -0.39 is 0 Å². The molecule has 0 aromatic rings. The van der Waals surface area contributed by atoms with E-state index in [1.165, 1.54) is 37.5 Å². The second-order valence-electron chi connectivity index (χ2n) is 4.92. The van der Waals surface area contributed by atoms with Crippen LogP contribution in [0.2, 0.25) is 0 Å². The highest BCUT2D eigenvalue weighted by atomic mass is 32.2. The molecule has 0 radical (unpaired) electrons. The largest absolute Gasteiger partial charge is 0.365 e. The van der Waals surface area contributed by atoms with Crippen molar-refractivity contribution in [2.24, 2.45) is 10.9 Å². The average Bonchev–Trinajstić information content (AvgIpc) is 2.76. The van der Waals surface area contributed by atoms with Gasteiger partial charge < -0.3 is 10.2 Å². The van der Waals surface area contributed by atoms with E-state index in [1.54, 1.807) is 0 Å². The van der Waals surface area contributed by atoms with E-state index in [-0.39, 0.29) is 0 Å². The molecule has 0 aromatic heterocycles. The standard InChI is InChI=1S/C12H23N3S/c1-3-11-9-14-12(16-11)13-8-10-4-6-15(2)7-5-10/h10-11H,3-9H2,1-2H3,(H,13,14). The number of hydrogen-bond acceptors (Lipinski definition) is 4. The van der Waals surface area contributed by atoms with E-state index in [0.717, 1.165) is 24.3 Å². The number of aliphatic imine (C=N–C) groups is 1. The fraction of sp³-hybridized carbons (Fsp3) is 0.917. The van der Waals surface area contributed by atoms with Gasteiger partial charge in [-0.1, -0.05) is 18.7 Å². The Morgan fingerprint density at radius 2 is 2.19 bits per heavy atom. The molecule has 1 unspecified atom stereocenters. The Hall–Kier alpha value is -0.220. The van der Waals surface area contributed by atoms with Gasteiger partial charge in [-0.2, -0.15) is 0 Å². The maximum atomic E-state index is 4.55. The van der Waals surface area contributed by atoms with E-state index in [1.807, 2.05) is 11.8 Å². The Morgan fingerprint density at radius 3 is 2.81 bits per heavy atom. The van der Waals surface area contributed by atoms with Crippen LogP contribution in [0.25, 0.3) is 0 Å². The van der Waals surface area contributed by atoms with Gasteiger partial charge in [-0.05, 0) is 45.3 Å². The summed E-state index contributed by atoms with van der Waals surface area (Å²) in [5, 5.41) is 5.43. The highest BCUT2D eigenvalue weighted by molar-refractivity contribution is 8.14. The van der Waals surface area contributed by atoms with Crippen molar-refractivity contribution in [3.05, 3.63) is 0 Å². The van der Waals surface area contributed by atoms with Crippen molar-refractivity contribution < 1.29 is 0 Å². The van der Waals surface area contributed by atoms with E-state index >= 15 is 0 Å². The van der Waals surface area contributed by atoms with Gasteiger partial charge in [0.1, 0.15) is 0 Å². The maximum absolute atomic E-state index is 4.55. The first-order valence-corrected chi connectivity index (χ1v) is 7.29. The lowest BCUT2D eigenvalue weighted by Gasteiger charge is -2.29. The lowest BCUT2D eigenvalue weighted by atomic mass is 9.97. The number of piperidine rings is 1. The summed E-state index contributed by atoms with van der Waals surface area (Å²) >= 11 is 1.93.